The van der Waals surface area contributed by atoms with Gasteiger partial charge in [-0.15, -0.1) is 0 Å². The molecule has 0 amide bonds. The van der Waals surface area contributed by atoms with Gasteiger partial charge in [-0.05, 0) is 6.92 Å². The van der Waals surface area contributed by atoms with Crippen molar-refractivity contribution in [2.24, 2.45) is 0 Å². The van der Waals surface area contributed by atoms with Crippen LogP contribution in [-0.4, -0.2) is 11.6 Å². The first-order valence-electron chi connectivity index (χ1n) is 2.99. The fraction of sp³-hybridized carbons (Fsp3) is 0.286. The van der Waals surface area contributed by atoms with Crippen LogP contribution in [0.3, 0.4) is 0 Å². The van der Waals surface area contributed by atoms with Gasteiger partial charge in [-0.3, -0.25) is 4.98 Å². The van der Waals surface area contributed by atoms with Crippen molar-refractivity contribution in [1.82, 2.24) is 4.98 Å². The summed E-state index contributed by atoms with van der Waals surface area (Å²) in [4.78, 5) is 3.69. The maximum Gasteiger partial charge on any atom is 0.141 e. The van der Waals surface area contributed by atoms with Crippen LogP contribution in [0.1, 0.15) is 6.92 Å². The van der Waals surface area contributed by atoms with Gasteiger partial charge in [-0.1, -0.05) is 11.6 Å². The molecule has 0 spiro atoms. The van der Waals surface area contributed by atoms with Crippen LogP contribution >= 0.6 is 11.6 Å². The minimum Gasteiger partial charge on any atom is -0.492 e. The van der Waals surface area contributed by atoms with Gasteiger partial charge < -0.3 is 4.74 Å². The zero-order chi connectivity index (χ0) is 7.40. The van der Waals surface area contributed by atoms with Crippen molar-refractivity contribution >= 4 is 11.6 Å². The van der Waals surface area contributed by atoms with Gasteiger partial charge in [0.1, 0.15) is 17.0 Å². The number of aromatic nitrogens is 1. The number of ether oxygens (including phenoxy) is 1. The predicted octanol–water partition coefficient (Wildman–Crippen LogP) is 1.93. The number of nitrogens with zero attached hydrogens (tertiary/aromatic N) is 1. The molecule has 0 saturated heterocycles. The molecule has 0 aliphatic heterocycles. The quantitative estimate of drug-likeness (QED) is 0.653. The second kappa shape index (κ2) is 3.42. The van der Waals surface area contributed by atoms with E-state index >= 15 is 0 Å². The van der Waals surface area contributed by atoms with E-state index in [0.29, 0.717) is 17.4 Å². The molecule has 1 rings (SSSR count). The zero-order valence-electron chi connectivity index (χ0n) is 5.60. The second-order valence-corrected chi connectivity index (χ2v) is 2.05. The summed E-state index contributed by atoms with van der Waals surface area (Å²) in [5.74, 6) is 0.638. The van der Waals surface area contributed by atoms with Gasteiger partial charge in [-0.2, -0.15) is 0 Å². The Hall–Kier alpha value is -0.760. The van der Waals surface area contributed by atoms with Crippen molar-refractivity contribution in [2.75, 3.05) is 6.61 Å². The van der Waals surface area contributed by atoms with Gasteiger partial charge in [0, 0.05) is 12.3 Å². The molecule has 0 aliphatic rings. The van der Waals surface area contributed by atoms with E-state index in [1.165, 1.54) is 0 Å². The van der Waals surface area contributed by atoms with Gasteiger partial charge in [0.05, 0.1) is 6.61 Å². The Balaban J connectivity index is 2.81. The highest BCUT2D eigenvalue weighted by atomic mass is 35.5. The molecule has 1 radical (unpaired) electrons. The smallest absolute Gasteiger partial charge is 0.141 e. The number of hydrogen-bond donors (Lipinski definition) is 0. The van der Waals surface area contributed by atoms with Gasteiger partial charge >= 0.3 is 0 Å². The van der Waals surface area contributed by atoms with E-state index in [-0.39, 0.29) is 0 Å². The molecule has 0 atom stereocenters. The van der Waals surface area contributed by atoms with Crippen LogP contribution in [0.2, 0.25) is 5.02 Å². The molecule has 0 aliphatic carbocycles. The fourth-order valence-corrected chi connectivity index (χ4v) is 0.760. The Labute approximate surface area is 64.8 Å². The zero-order valence-corrected chi connectivity index (χ0v) is 6.35. The number of hydrogen-bond acceptors (Lipinski definition) is 2. The Morgan fingerprint density at radius 1 is 1.80 bits per heavy atom. The first-order valence-corrected chi connectivity index (χ1v) is 3.37. The average molecular weight is 157 g/mol. The van der Waals surface area contributed by atoms with Gasteiger partial charge in [0.2, 0.25) is 0 Å². The first-order chi connectivity index (χ1) is 4.84. The monoisotopic (exact) mass is 156 g/mol. The molecule has 1 heterocycles. The molecule has 0 N–H and O–H groups in total. The van der Waals surface area contributed by atoms with Crippen LogP contribution < -0.4 is 4.74 Å². The summed E-state index contributed by atoms with van der Waals surface area (Å²) in [5, 5.41) is 0.435. The summed E-state index contributed by atoms with van der Waals surface area (Å²) in [6, 6.07) is 1.71. The van der Waals surface area contributed by atoms with E-state index in [2.05, 4.69) is 11.2 Å². The molecule has 1 aromatic rings. The van der Waals surface area contributed by atoms with E-state index in [1.54, 1.807) is 12.3 Å². The summed E-state index contributed by atoms with van der Waals surface area (Å²) in [7, 11) is 0. The van der Waals surface area contributed by atoms with E-state index < -0.39 is 0 Å². The SMILES string of the molecule is CCOc1ccn[c]c1Cl. The molecule has 0 bridgehead atoms. The first kappa shape index (κ1) is 7.35. The number of halogens is 1. The van der Waals surface area contributed by atoms with E-state index in [1.807, 2.05) is 6.92 Å². The van der Waals surface area contributed by atoms with Gasteiger partial charge in [0.25, 0.3) is 0 Å². The maximum absolute atomic E-state index is 5.66. The van der Waals surface area contributed by atoms with E-state index in [4.69, 9.17) is 16.3 Å². The van der Waals surface area contributed by atoms with Crippen LogP contribution in [-0.2, 0) is 0 Å². The molecular weight excluding hydrogens is 150 g/mol. The second-order valence-electron chi connectivity index (χ2n) is 1.67. The van der Waals surface area contributed by atoms with Crippen LogP contribution in [0.4, 0.5) is 0 Å². The molecule has 0 saturated carbocycles. The summed E-state index contributed by atoms with van der Waals surface area (Å²) < 4.78 is 5.13. The van der Waals surface area contributed by atoms with Crippen LogP contribution in [0.15, 0.2) is 12.3 Å². The molecule has 0 fully saturated rings. The summed E-state index contributed by atoms with van der Waals surface area (Å²) >= 11 is 5.66. The lowest BCUT2D eigenvalue weighted by Crippen LogP contribution is -1.91. The lowest BCUT2D eigenvalue weighted by Gasteiger charge is -2.01. The van der Waals surface area contributed by atoms with Crippen molar-refractivity contribution in [3.8, 4) is 5.75 Å². The lowest BCUT2D eigenvalue weighted by molar-refractivity contribution is 0.340. The standard InChI is InChI=1S/C7H7ClNO/c1-2-10-7-3-4-9-5-6(7)8/h3-4H,2H2,1H3. The average Bonchev–Trinajstić information content (AvgIpc) is 1.94. The summed E-state index contributed by atoms with van der Waals surface area (Å²) in [5.41, 5.74) is 0. The fourth-order valence-electron chi connectivity index (χ4n) is 0.594. The Bertz CT molecular complexity index is 215. The highest BCUT2D eigenvalue weighted by Crippen LogP contribution is 2.20. The number of pyridine rings is 1. The highest BCUT2D eigenvalue weighted by molar-refractivity contribution is 6.31. The van der Waals surface area contributed by atoms with Gasteiger partial charge in [-0.25, -0.2) is 0 Å². The van der Waals surface area contributed by atoms with E-state index in [0.717, 1.165) is 0 Å². The number of rotatable bonds is 2. The van der Waals surface area contributed by atoms with Crippen molar-refractivity contribution in [3.63, 3.8) is 0 Å². The normalized spacial score (nSPS) is 9.40. The third kappa shape index (κ3) is 1.61. The van der Waals surface area contributed by atoms with Crippen molar-refractivity contribution < 1.29 is 4.74 Å². The summed E-state index contributed by atoms with van der Waals surface area (Å²) in [6.07, 6.45) is 4.17. The minimum absolute atomic E-state index is 0.435. The molecule has 2 nitrogen and oxygen atoms in total. The minimum atomic E-state index is 0.435. The summed E-state index contributed by atoms with van der Waals surface area (Å²) in [6.45, 7) is 2.51. The van der Waals surface area contributed by atoms with Crippen LogP contribution in [0.5, 0.6) is 5.75 Å². The molecule has 1 aromatic heterocycles. The van der Waals surface area contributed by atoms with Crippen LogP contribution in [0, 0.1) is 6.20 Å². The topological polar surface area (TPSA) is 22.1 Å². The molecule has 53 valence electrons. The third-order valence-electron chi connectivity index (χ3n) is 0.979. The van der Waals surface area contributed by atoms with Crippen LogP contribution in [0.25, 0.3) is 0 Å². The molecule has 3 heteroatoms. The van der Waals surface area contributed by atoms with Crippen molar-refractivity contribution in [2.45, 2.75) is 6.92 Å². The third-order valence-corrected chi connectivity index (χ3v) is 1.25. The van der Waals surface area contributed by atoms with Gasteiger partial charge in [0.15, 0.2) is 0 Å². The Morgan fingerprint density at radius 3 is 3.20 bits per heavy atom. The lowest BCUT2D eigenvalue weighted by atomic mass is 10.4. The van der Waals surface area contributed by atoms with Crippen molar-refractivity contribution in [3.05, 3.63) is 23.5 Å². The Kier molecular flexibility index (Phi) is 2.51. The molecule has 0 aromatic carbocycles. The largest absolute Gasteiger partial charge is 0.492 e. The predicted molar refractivity (Wildman–Crippen MR) is 39.3 cm³/mol. The molecular formula is C7H7ClNO. The molecule has 10 heavy (non-hydrogen) atoms. The Morgan fingerprint density at radius 2 is 2.60 bits per heavy atom. The van der Waals surface area contributed by atoms with E-state index in [9.17, 15) is 0 Å². The highest BCUT2D eigenvalue weighted by Gasteiger charge is 1.97. The van der Waals surface area contributed by atoms with Crippen molar-refractivity contribution in [1.29, 1.82) is 0 Å². The molecule has 0 unspecified atom stereocenters. The maximum atomic E-state index is 5.66.